The number of carboxylic acid groups (broad SMARTS) is 1. The molecule has 0 aromatic heterocycles. The van der Waals surface area contributed by atoms with Gasteiger partial charge in [-0.15, -0.1) is 0 Å². The molecule has 0 aliphatic rings. The molecule has 0 rings (SSSR count). The molecule has 0 bridgehead atoms. The van der Waals surface area contributed by atoms with Crippen LogP contribution >= 0.6 is 0 Å². The van der Waals surface area contributed by atoms with Crippen LogP contribution in [0.15, 0.2) is 0 Å². The van der Waals surface area contributed by atoms with Crippen molar-refractivity contribution in [3.8, 4) is 0 Å². The maximum atomic E-state index is 10.9. The van der Waals surface area contributed by atoms with Crippen LogP contribution in [0.4, 0.5) is 0 Å². The number of nitrogens with zero attached hydrogens (tertiary/aromatic N) is 1. The predicted molar refractivity (Wildman–Crippen MR) is 66.7 cm³/mol. The van der Waals surface area contributed by atoms with Crippen molar-refractivity contribution in [2.75, 3.05) is 26.7 Å². The summed E-state index contributed by atoms with van der Waals surface area (Å²) < 4.78 is 0. The molecule has 0 spiro atoms. The quantitative estimate of drug-likeness (QED) is 0.559. The first-order chi connectivity index (χ1) is 7.61. The highest BCUT2D eigenvalue weighted by molar-refractivity contribution is 5.73. The molecule has 0 aliphatic heterocycles. The van der Waals surface area contributed by atoms with Crippen molar-refractivity contribution in [2.45, 2.75) is 45.6 Å². The van der Waals surface area contributed by atoms with Crippen LogP contribution in [0.1, 0.15) is 39.5 Å². The van der Waals surface area contributed by atoms with Gasteiger partial charge in [-0.2, -0.15) is 0 Å². The number of hydrogen-bond donors (Lipinski definition) is 2. The largest absolute Gasteiger partial charge is 0.480 e. The van der Waals surface area contributed by atoms with Gasteiger partial charge in [0, 0.05) is 0 Å². The van der Waals surface area contributed by atoms with Crippen LogP contribution < -0.4 is 5.32 Å². The molecule has 0 aromatic carbocycles. The van der Waals surface area contributed by atoms with E-state index in [1.54, 1.807) is 0 Å². The third kappa shape index (κ3) is 7.65. The molecule has 1 atom stereocenters. The third-order valence-electron chi connectivity index (χ3n) is 2.69. The summed E-state index contributed by atoms with van der Waals surface area (Å²) in [6, 6.07) is -0.404. The van der Waals surface area contributed by atoms with Crippen molar-refractivity contribution in [1.82, 2.24) is 10.2 Å². The Bertz CT molecular complexity index is 186. The maximum absolute atomic E-state index is 10.9. The SMILES string of the molecule is CCCCCN(C)CCC(NCC)C(=O)O. The Morgan fingerprint density at radius 1 is 1.31 bits per heavy atom. The highest BCUT2D eigenvalue weighted by Crippen LogP contribution is 1.99. The summed E-state index contributed by atoms with van der Waals surface area (Å²) in [5, 5.41) is 11.9. The van der Waals surface area contributed by atoms with E-state index in [-0.39, 0.29) is 0 Å². The summed E-state index contributed by atoms with van der Waals surface area (Å²) in [4.78, 5) is 13.1. The lowest BCUT2D eigenvalue weighted by Gasteiger charge is -2.19. The van der Waals surface area contributed by atoms with Crippen molar-refractivity contribution in [2.24, 2.45) is 0 Å². The number of hydrogen-bond acceptors (Lipinski definition) is 3. The Hall–Kier alpha value is -0.610. The van der Waals surface area contributed by atoms with E-state index in [0.29, 0.717) is 13.0 Å². The van der Waals surface area contributed by atoms with Gasteiger partial charge >= 0.3 is 5.97 Å². The highest BCUT2D eigenvalue weighted by Gasteiger charge is 2.15. The van der Waals surface area contributed by atoms with Crippen molar-refractivity contribution in [1.29, 1.82) is 0 Å². The van der Waals surface area contributed by atoms with Gasteiger partial charge in [-0.1, -0.05) is 26.7 Å². The average Bonchev–Trinajstić information content (AvgIpc) is 2.24. The van der Waals surface area contributed by atoms with Crippen LogP contribution in [0.25, 0.3) is 0 Å². The highest BCUT2D eigenvalue weighted by atomic mass is 16.4. The summed E-state index contributed by atoms with van der Waals surface area (Å²) >= 11 is 0. The monoisotopic (exact) mass is 230 g/mol. The van der Waals surface area contributed by atoms with Crippen molar-refractivity contribution < 1.29 is 9.90 Å². The molecule has 0 aromatic rings. The Kier molecular flexibility index (Phi) is 9.24. The maximum Gasteiger partial charge on any atom is 0.320 e. The predicted octanol–water partition coefficient (Wildman–Crippen LogP) is 1.56. The normalized spacial score (nSPS) is 13.0. The van der Waals surface area contributed by atoms with Gasteiger partial charge in [0.15, 0.2) is 0 Å². The van der Waals surface area contributed by atoms with Crippen LogP contribution in [0, 0.1) is 0 Å². The van der Waals surface area contributed by atoms with E-state index in [1.807, 2.05) is 6.92 Å². The molecule has 0 saturated carbocycles. The zero-order valence-electron chi connectivity index (χ0n) is 10.8. The molecule has 16 heavy (non-hydrogen) atoms. The number of rotatable bonds is 10. The number of carbonyl (C=O) groups is 1. The first-order valence-electron chi connectivity index (χ1n) is 6.26. The molecule has 0 saturated heterocycles. The second kappa shape index (κ2) is 9.60. The van der Waals surface area contributed by atoms with E-state index in [1.165, 1.54) is 19.3 Å². The topological polar surface area (TPSA) is 52.6 Å². The van der Waals surface area contributed by atoms with Crippen LogP contribution in [0.3, 0.4) is 0 Å². The summed E-state index contributed by atoms with van der Waals surface area (Å²) in [6.07, 6.45) is 4.35. The fourth-order valence-electron chi connectivity index (χ4n) is 1.65. The molecule has 0 radical (unpaired) electrons. The van der Waals surface area contributed by atoms with Crippen molar-refractivity contribution >= 4 is 5.97 Å². The fraction of sp³-hybridized carbons (Fsp3) is 0.917. The van der Waals surface area contributed by atoms with Crippen LogP contribution in [0.2, 0.25) is 0 Å². The number of likely N-dealkylation sites (N-methyl/N-ethyl adjacent to an activating group) is 1. The minimum absolute atomic E-state index is 0.404. The van der Waals surface area contributed by atoms with Crippen LogP contribution in [-0.2, 0) is 4.79 Å². The lowest BCUT2D eigenvalue weighted by molar-refractivity contribution is -0.139. The molecule has 1 unspecified atom stereocenters. The van der Waals surface area contributed by atoms with Crippen LogP contribution in [0.5, 0.6) is 0 Å². The molecular formula is C12H26N2O2. The lowest BCUT2D eigenvalue weighted by Crippen LogP contribution is -2.39. The van der Waals surface area contributed by atoms with Crippen molar-refractivity contribution in [3.63, 3.8) is 0 Å². The Morgan fingerprint density at radius 2 is 2.00 bits per heavy atom. The van der Waals surface area contributed by atoms with Gasteiger partial charge in [0.1, 0.15) is 6.04 Å². The van der Waals surface area contributed by atoms with Crippen LogP contribution in [-0.4, -0.2) is 48.7 Å². The molecule has 0 fully saturated rings. The van der Waals surface area contributed by atoms with E-state index in [0.717, 1.165) is 13.1 Å². The van der Waals surface area contributed by atoms with Gasteiger partial charge in [-0.05, 0) is 39.5 Å². The molecular weight excluding hydrogens is 204 g/mol. The molecule has 4 nitrogen and oxygen atoms in total. The lowest BCUT2D eigenvalue weighted by atomic mass is 10.2. The van der Waals surface area contributed by atoms with E-state index < -0.39 is 12.0 Å². The van der Waals surface area contributed by atoms with E-state index >= 15 is 0 Å². The molecule has 2 N–H and O–H groups in total. The van der Waals surface area contributed by atoms with E-state index in [4.69, 9.17) is 5.11 Å². The Balaban J connectivity index is 3.69. The third-order valence-corrected chi connectivity index (χ3v) is 2.69. The standard InChI is InChI=1S/C12H26N2O2/c1-4-6-7-9-14(3)10-8-11(12(15)16)13-5-2/h11,13H,4-10H2,1-3H3,(H,15,16). The number of aliphatic carboxylic acids is 1. The van der Waals surface area contributed by atoms with E-state index in [2.05, 4.69) is 24.2 Å². The minimum atomic E-state index is -0.746. The summed E-state index contributed by atoms with van der Waals surface area (Å²) in [7, 11) is 2.06. The van der Waals surface area contributed by atoms with E-state index in [9.17, 15) is 4.79 Å². The smallest absolute Gasteiger partial charge is 0.320 e. The number of carboxylic acids is 1. The zero-order chi connectivity index (χ0) is 12.4. The number of nitrogens with one attached hydrogen (secondary N) is 1. The fourth-order valence-corrected chi connectivity index (χ4v) is 1.65. The second-order valence-electron chi connectivity index (χ2n) is 4.25. The molecule has 4 heteroatoms. The summed E-state index contributed by atoms with van der Waals surface area (Å²) in [5.41, 5.74) is 0. The van der Waals surface area contributed by atoms with Crippen molar-refractivity contribution in [3.05, 3.63) is 0 Å². The average molecular weight is 230 g/mol. The Labute approximate surface area is 99.0 Å². The zero-order valence-corrected chi connectivity index (χ0v) is 10.8. The molecule has 0 amide bonds. The summed E-state index contributed by atoms with van der Waals surface area (Å²) in [6.45, 7) is 6.73. The van der Waals surface area contributed by atoms with Gasteiger partial charge in [-0.3, -0.25) is 4.79 Å². The molecule has 0 heterocycles. The minimum Gasteiger partial charge on any atom is -0.480 e. The molecule has 96 valence electrons. The van der Waals surface area contributed by atoms with Gasteiger partial charge in [0.2, 0.25) is 0 Å². The van der Waals surface area contributed by atoms with Gasteiger partial charge in [0.25, 0.3) is 0 Å². The van der Waals surface area contributed by atoms with Gasteiger partial charge in [-0.25, -0.2) is 0 Å². The second-order valence-corrected chi connectivity index (χ2v) is 4.25. The molecule has 0 aliphatic carbocycles. The summed E-state index contributed by atoms with van der Waals surface area (Å²) in [5.74, 6) is -0.746. The van der Waals surface area contributed by atoms with Gasteiger partial charge in [0.05, 0.1) is 0 Å². The first-order valence-corrected chi connectivity index (χ1v) is 6.26. The Morgan fingerprint density at radius 3 is 2.50 bits per heavy atom. The number of unbranched alkanes of at least 4 members (excludes halogenated alkanes) is 2. The van der Waals surface area contributed by atoms with Gasteiger partial charge < -0.3 is 15.3 Å². The first kappa shape index (κ1) is 15.4.